The summed E-state index contributed by atoms with van der Waals surface area (Å²) in [5.41, 5.74) is 10.8. The molecule has 346 valence electrons. The SMILES string of the molecule is COC(=O)CCCCCN1C(=CC=C2CCC/C(=C\C=C3\N(CCCCCC(=O)OC)c4ccc(S(=O)(=O)[O-])cc4C3(C)C)C2=[N+]2CCOCC2)C(C)(C)c2cc(C)ccc21.[2H]C.[2H]C[2H].[K+]. The number of hydrogen-bond acceptors (Lipinski definition) is 10. The van der Waals surface area contributed by atoms with Crippen LogP contribution in [0.5, 0.6) is 0 Å². The number of carbonyl (C=O) groups excluding carboxylic acids is 2. The summed E-state index contributed by atoms with van der Waals surface area (Å²) >= 11 is 0. The van der Waals surface area contributed by atoms with Gasteiger partial charge < -0.3 is 28.6 Å². The van der Waals surface area contributed by atoms with Gasteiger partial charge in [-0.25, -0.2) is 13.0 Å². The average molecular weight is 930 g/mol. The maximum atomic E-state index is 12.2. The predicted octanol–water partition coefficient (Wildman–Crippen LogP) is 6.83. The molecule has 0 spiro atoms. The van der Waals surface area contributed by atoms with Gasteiger partial charge in [0.25, 0.3) is 0 Å². The Morgan fingerprint density at radius 1 is 0.797 bits per heavy atom. The summed E-state index contributed by atoms with van der Waals surface area (Å²) < 4.78 is 72.0. The Hall–Kier alpha value is -2.88. The number of anilines is 2. The number of esters is 2. The molecule has 0 bridgehead atoms. The van der Waals surface area contributed by atoms with Gasteiger partial charge in [0.05, 0.1) is 19.1 Å². The van der Waals surface area contributed by atoms with Crippen LogP contribution in [0, 0.1) is 6.92 Å². The van der Waals surface area contributed by atoms with Crippen LogP contribution < -0.4 is 61.2 Å². The van der Waals surface area contributed by atoms with Gasteiger partial charge in [0, 0.05) is 74.8 Å². The van der Waals surface area contributed by atoms with Gasteiger partial charge >= 0.3 is 63.3 Å². The Bertz CT molecular complexity index is 2280. The van der Waals surface area contributed by atoms with Crippen molar-refractivity contribution in [1.29, 1.82) is 0 Å². The second-order valence-corrected chi connectivity index (χ2v) is 19.1. The number of benzene rings is 2. The summed E-state index contributed by atoms with van der Waals surface area (Å²) in [6, 6.07) is 11.5. The van der Waals surface area contributed by atoms with E-state index < -0.39 is 15.5 Å². The van der Waals surface area contributed by atoms with Crippen molar-refractivity contribution in [2.24, 2.45) is 0 Å². The van der Waals surface area contributed by atoms with Gasteiger partial charge in [-0.3, -0.25) is 9.59 Å². The van der Waals surface area contributed by atoms with E-state index >= 15 is 0 Å². The summed E-state index contributed by atoms with van der Waals surface area (Å²) in [5.74, 6) is -0.380. The first kappa shape index (κ1) is 50.5. The zero-order valence-corrected chi connectivity index (χ0v) is 44.0. The van der Waals surface area contributed by atoms with Gasteiger partial charge in [-0.15, -0.1) is 0 Å². The van der Waals surface area contributed by atoms with E-state index in [-0.39, 0.29) is 81.0 Å². The van der Waals surface area contributed by atoms with Gasteiger partial charge in [0.15, 0.2) is 13.1 Å². The van der Waals surface area contributed by atoms with Crippen molar-refractivity contribution in [2.45, 2.75) is 136 Å². The Morgan fingerprint density at radius 3 is 1.73 bits per heavy atom. The molecule has 0 amide bonds. The standard InChI is InChI=1S/C49H65N3O8S.2CH4.K/c1-35-19-23-41-39(33-35)48(2,3)43(51(41)27-12-8-10-17-45(53)58-6)25-20-36-15-14-16-37(47(36)50-29-31-60-32-30-50)21-26-44-49(4,5)40-34-38(61(55,56)57)22-24-42(40)52(44)28-13-9-11-18-46(54)59-7;;;/h19-26,33-34H,8-18,27-32H2,1-7H3;2*1H4;/q;;;+1/i;1D2;1D;. The van der Waals surface area contributed by atoms with Crippen LogP contribution in [0.1, 0.15) is 134 Å². The molecule has 0 unspecified atom stereocenters. The Kier molecular flexibility index (Phi) is 19.1. The van der Waals surface area contributed by atoms with Crippen molar-refractivity contribution < 1.29 is 96.8 Å². The second-order valence-electron chi connectivity index (χ2n) is 17.8. The quantitative estimate of drug-likeness (QED) is 0.0617. The molecule has 4 aliphatic rings. The fourth-order valence-electron chi connectivity index (χ4n) is 9.51. The summed E-state index contributed by atoms with van der Waals surface area (Å²) in [6.45, 7) is 15.4. The number of carbonyl (C=O) groups is 2. The maximum absolute atomic E-state index is 12.2. The van der Waals surface area contributed by atoms with Gasteiger partial charge in [0.1, 0.15) is 23.3 Å². The summed E-state index contributed by atoms with van der Waals surface area (Å²) in [6.07, 6.45) is 17.9. The molecule has 6 rings (SSSR count). The maximum Gasteiger partial charge on any atom is 1.00 e. The molecule has 2 fully saturated rings. The van der Waals surface area contributed by atoms with E-state index in [4.69, 9.17) is 18.3 Å². The van der Waals surface area contributed by atoms with Gasteiger partial charge in [0.2, 0.25) is 5.71 Å². The van der Waals surface area contributed by atoms with E-state index in [1.807, 2.05) is 0 Å². The van der Waals surface area contributed by atoms with E-state index in [0.29, 0.717) is 39.0 Å². The Balaban J connectivity index is 0.00000191. The molecular formula is C51H73KN3O8S+. The normalized spacial score (nSPS) is 20.5. The molecule has 2 aromatic carbocycles. The number of fused-ring (bicyclic) bond motifs is 2. The largest absolute Gasteiger partial charge is 1.00 e. The molecule has 0 atom stereocenters. The molecule has 1 saturated carbocycles. The fraction of sp³-hybridized carbons (Fsp3) is 0.549. The van der Waals surface area contributed by atoms with Crippen molar-refractivity contribution in [3.63, 3.8) is 0 Å². The van der Waals surface area contributed by atoms with E-state index in [2.05, 4.69) is 91.5 Å². The minimum atomic E-state index is -4.64. The molecule has 1 aliphatic carbocycles. The molecule has 3 heterocycles. The van der Waals surface area contributed by atoms with E-state index in [1.165, 1.54) is 67.1 Å². The number of nitrogens with zero attached hydrogens (tertiary/aromatic N) is 3. The van der Waals surface area contributed by atoms with Crippen molar-refractivity contribution in [1.82, 2.24) is 0 Å². The van der Waals surface area contributed by atoms with Crippen LogP contribution in [-0.2, 0) is 44.7 Å². The second kappa shape index (κ2) is 24.2. The molecule has 1 saturated heterocycles. The number of hydrogen-bond donors (Lipinski definition) is 0. The average Bonchev–Trinajstić information content (AvgIpc) is 3.64. The van der Waals surface area contributed by atoms with Gasteiger partial charge in [-0.05, 0) is 99.4 Å². The summed E-state index contributed by atoms with van der Waals surface area (Å²) in [5, 5.41) is 0. The van der Waals surface area contributed by atoms with Gasteiger partial charge in [-0.1, -0.05) is 85.2 Å². The number of unbranched alkanes of at least 4 members (excludes halogenated alkanes) is 4. The van der Waals surface area contributed by atoms with Crippen molar-refractivity contribution in [3.8, 4) is 0 Å². The molecule has 13 heteroatoms. The van der Waals surface area contributed by atoms with Crippen LogP contribution >= 0.6 is 0 Å². The zero-order valence-electron chi connectivity index (χ0n) is 43.0. The molecule has 0 aromatic heterocycles. The van der Waals surface area contributed by atoms with Crippen molar-refractivity contribution in [3.05, 3.63) is 99.9 Å². The number of morpholine rings is 1. The minimum absolute atomic E-state index is 0. The third-order valence-corrected chi connectivity index (χ3v) is 13.7. The fourth-order valence-corrected chi connectivity index (χ4v) is 10.0. The number of rotatable bonds is 15. The first-order valence-corrected chi connectivity index (χ1v) is 23.4. The zero-order chi connectivity index (χ0) is 48.7. The van der Waals surface area contributed by atoms with E-state index in [9.17, 15) is 22.6 Å². The molecule has 64 heavy (non-hydrogen) atoms. The predicted molar refractivity (Wildman–Crippen MR) is 253 cm³/mol. The monoisotopic (exact) mass is 929 g/mol. The first-order valence-electron chi connectivity index (χ1n) is 24.4. The van der Waals surface area contributed by atoms with Crippen LogP contribution in [0.4, 0.5) is 11.4 Å². The van der Waals surface area contributed by atoms with Crippen LogP contribution in [0.3, 0.4) is 0 Å². The van der Waals surface area contributed by atoms with Crippen LogP contribution in [0.2, 0.25) is 0 Å². The summed E-state index contributed by atoms with van der Waals surface area (Å²) in [7, 11) is -0.795. The molecule has 3 aliphatic heterocycles. The first-order chi connectivity index (χ1) is 31.5. The molecule has 2 aromatic rings. The third-order valence-electron chi connectivity index (χ3n) is 12.9. The van der Waals surface area contributed by atoms with Gasteiger partial charge in [-0.2, -0.15) is 0 Å². The molecule has 0 N–H and O–H groups in total. The molecule has 0 radical (unpaired) electrons. The van der Waals surface area contributed by atoms with Crippen LogP contribution in [0.15, 0.2) is 88.1 Å². The Labute approximate surface area is 431 Å². The van der Waals surface area contributed by atoms with E-state index in [0.717, 1.165) is 87.9 Å². The van der Waals surface area contributed by atoms with Crippen molar-refractivity contribution in [2.75, 3.05) is 63.4 Å². The Morgan fingerprint density at radius 2 is 1.27 bits per heavy atom. The number of allylic oxidation sites excluding steroid dienone is 8. The number of methoxy groups -OCH3 is 2. The minimum Gasteiger partial charge on any atom is -0.744 e. The third kappa shape index (κ3) is 12.8. The number of ether oxygens (including phenoxy) is 3. The molecular weight excluding hydrogens is 854 g/mol. The molecule has 11 nitrogen and oxygen atoms in total. The topological polar surface area (TPSA) is 129 Å². The summed E-state index contributed by atoms with van der Waals surface area (Å²) in [4.78, 5) is 28.1. The van der Waals surface area contributed by atoms with Crippen LogP contribution in [-0.4, -0.2) is 88.8 Å². The smallest absolute Gasteiger partial charge is 0.744 e. The van der Waals surface area contributed by atoms with Crippen LogP contribution in [0.25, 0.3) is 0 Å². The van der Waals surface area contributed by atoms with Crippen molar-refractivity contribution >= 4 is 39.1 Å². The number of aryl methyl sites for hydroxylation is 1. The van der Waals surface area contributed by atoms with E-state index in [1.54, 1.807) is 12.1 Å².